The molecule has 0 amide bonds. The molecule has 2 fully saturated rings. The molecule has 0 spiro atoms. The molecule has 0 radical (unpaired) electrons. The van der Waals surface area contributed by atoms with Gasteiger partial charge in [-0.25, -0.2) is 13.4 Å². The Morgan fingerprint density at radius 1 is 1.03 bits per heavy atom. The fourth-order valence-electron chi connectivity index (χ4n) is 4.60. The Morgan fingerprint density at radius 3 is 2.36 bits per heavy atom. The molecular formula is C25H26ClN3O3S. The smallest absolute Gasteiger partial charge is 0.201 e. The molecule has 0 unspecified atom stereocenters. The van der Waals surface area contributed by atoms with E-state index in [9.17, 15) is 13.5 Å². The maximum absolute atomic E-state index is 13.2. The summed E-state index contributed by atoms with van der Waals surface area (Å²) < 4.78 is 26.4. The molecule has 1 N–H and O–H groups in total. The first kappa shape index (κ1) is 22.3. The number of sulfone groups is 1. The summed E-state index contributed by atoms with van der Waals surface area (Å²) in [7, 11) is -3.72. The van der Waals surface area contributed by atoms with Crippen LogP contribution in [-0.2, 0) is 15.6 Å². The fraction of sp³-hybridized carbons (Fsp3) is 0.360. The zero-order valence-corrected chi connectivity index (χ0v) is 20.2. The van der Waals surface area contributed by atoms with Crippen LogP contribution in [0.15, 0.2) is 53.6 Å². The van der Waals surface area contributed by atoms with Crippen LogP contribution in [0.3, 0.4) is 0 Å². The average molecular weight is 484 g/mol. The molecule has 6 nitrogen and oxygen atoms in total. The predicted octanol–water partition coefficient (Wildman–Crippen LogP) is 4.35. The van der Waals surface area contributed by atoms with Gasteiger partial charge in [0.1, 0.15) is 11.4 Å². The third-order valence-electron chi connectivity index (χ3n) is 6.58. The van der Waals surface area contributed by atoms with E-state index in [0.717, 1.165) is 29.5 Å². The second-order valence-electron chi connectivity index (χ2n) is 9.23. The lowest BCUT2D eigenvalue weighted by molar-refractivity contribution is -0.00978. The van der Waals surface area contributed by atoms with Crippen LogP contribution in [-0.4, -0.2) is 42.2 Å². The summed E-state index contributed by atoms with van der Waals surface area (Å²) in [6.45, 7) is 4.95. The number of hydrogen-bond acceptors (Lipinski definition) is 6. The van der Waals surface area contributed by atoms with Crippen LogP contribution in [0.2, 0.25) is 5.02 Å². The molecule has 1 saturated heterocycles. The Bertz CT molecular complexity index is 1310. The van der Waals surface area contributed by atoms with Crippen LogP contribution < -0.4 is 4.90 Å². The maximum Gasteiger partial charge on any atom is 0.201 e. The van der Waals surface area contributed by atoms with E-state index < -0.39 is 15.4 Å². The molecule has 33 heavy (non-hydrogen) atoms. The van der Waals surface area contributed by atoms with Gasteiger partial charge in [-0.3, -0.25) is 4.98 Å². The van der Waals surface area contributed by atoms with Gasteiger partial charge in [0.05, 0.1) is 35.3 Å². The molecule has 8 heteroatoms. The average Bonchev–Trinajstić information content (AvgIpc) is 3.59. The topological polar surface area (TPSA) is 83.4 Å². The normalized spacial score (nSPS) is 17.6. The molecule has 2 aliphatic rings. The van der Waals surface area contributed by atoms with Crippen LogP contribution >= 0.6 is 11.6 Å². The Balaban J connectivity index is 1.40. The van der Waals surface area contributed by atoms with Gasteiger partial charge in [-0.15, -0.1) is 0 Å². The number of aryl methyl sites for hydroxylation is 2. The highest BCUT2D eigenvalue weighted by Crippen LogP contribution is 2.45. The van der Waals surface area contributed by atoms with Crippen molar-refractivity contribution in [2.45, 2.75) is 43.1 Å². The number of nitrogens with zero attached hydrogens (tertiary/aromatic N) is 3. The molecule has 172 valence electrons. The van der Waals surface area contributed by atoms with Gasteiger partial charge in [0, 0.05) is 5.56 Å². The van der Waals surface area contributed by atoms with Gasteiger partial charge in [-0.05, 0) is 68.0 Å². The second kappa shape index (κ2) is 8.08. The van der Waals surface area contributed by atoms with Gasteiger partial charge < -0.3 is 10.0 Å². The monoisotopic (exact) mass is 483 g/mol. The molecule has 5 rings (SSSR count). The molecule has 2 aromatic heterocycles. The summed E-state index contributed by atoms with van der Waals surface area (Å²) in [5, 5.41) is 11.1. The molecule has 3 aromatic rings. The lowest BCUT2D eigenvalue weighted by Crippen LogP contribution is -2.63. The molecule has 3 heterocycles. The number of β-amino-alcohol motifs (C(OH)–C–C–N with tert-alkyl or cyclic N) is 1. The van der Waals surface area contributed by atoms with Crippen LogP contribution in [0.5, 0.6) is 0 Å². The van der Waals surface area contributed by atoms with Crippen molar-refractivity contribution in [2.24, 2.45) is 5.92 Å². The highest BCUT2D eigenvalue weighted by Gasteiger charge is 2.52. The highest BCUT2D eigenvalue weighted by molar-refractivity contribution is 7.90. The largest absolute Gasteiger partial charge is 0.386 e. The van der Waals surface area contributed by atoms with Crippen molar-refractivity contribution < 1.29 is 13.5 Å². The van der Waals surface area contributed by atoms with E-state index in [0.29, 0.717) is 41.2 Å². The first-order valence-corrected chi connectivity index (χ1v) is 13.1. The van der Waals surface area contributed by atoms with Gasteiger partial charge in [-0.1, -0.05) is 35.9 Å². The molecule has 0 bridgehead atoms. The van der Waals surface area contributed by atoms with E-state index in [-0.39, 0.29) is 10.8 Å². The van der Waals surface area contributed by atoms with Crippen molar-refractivity contribution in [3.8, 4) is 11.3 Å². The van der Waals surface area contributed by atoms with E-state index in [1.54, 1.807) is 24.3 Å². The first-order valence-electron chi connectivity index (χ1n) is 11.1. The zero-order valence-electron chi connectivity index (χ0n) is 18.6. The number of halogens is 1. The number of rotatable bonds is 6. The number of aromatic nitrogens is 2. The van der Waals surface area contributed by atoms with Crippen LogP contribution in [0.1, 0.15) is 29.7 Å². The zero-order chi connectivity index (χ0) is 23.4. The van der Waals surface area contributed by atoms with Crippen LogP contribution in [0.25, 0.3) is 11.3 Å². The molecule has 1 saturated carbocycles. The van der Waals surface area contributed by atoms with E-state index in [4.69, 9.17) is 11.6 Å². The minimum absolute atomic E-state index is 0.00670. The standard InChI is InChI=1S/C25H26ClN3O3S/c1-16-5-3-6-17(2)23(16)24-20(26)12-11-19(27-24)13-33(31,32)22-8-4-7-21(28-22)29-14-25(30,15-29)18-9-10-18/h3-8,11-12,18,30H,9-10,13-15H2,1-2H3. The predicted molar refractivity (Wildman–Crippen MR) is 129 cm³/mol. The number of pyridine rings is 2. The lowest BCUT2D eigenvalue weighted by atomic mass is 9.89. The third-order valence-corrected chi connectivity index (χ3v) is 8.42. The summed E-state index contributed by atoms with van der Waals surface area (Å²) in [5.74, 6) is 0.661. The van der Waals surface area contributed by atoms with Gasteiger partial charge >= 0.3 is 0 Å². The maximum atomic E-state index is 13.2. The number of benzene rings is 1. The van der Waals surface area contributed by atoms with Gasteiger partial charge in [0.25, 0.3) is 0 Å². The first-order chi connectivity index (χ1) is 15.7. The Labute approximate surface area is 199 Å². The van der Waals surface area contributed by atoms with Crippen molar-refractivity contribution in [1.29, 1.82) is 0 Å². The van der Waals surface area contributed by atoms with Crippen molar-refractivity contribution in [1.82, 2.24) is 9.97 Å². The molecule has 0 atom stereocenters. The molecule has 1 aliphatic heterocycles. The Kier molecular flexibility index (Phi) is 5.46. The Hall–Kier alpha value is -2.48. The quantitative estimate of drug-likeness (QED) is 0.561. The lowest BCUT2D eigenvalue weighted by Gasteiger charge is -2.47. The fourth-order valence-corrected chi connectivity index (χ4v) is 6.02. The van der Waals surface area contributed by atoms with Gasteiger partial charge in [0.2, 0.25) is 9.84 Å². The minimum atomic E-state index is -3.72. The summed E-state index contributed by atoms with van der Waals surface area (Å²) in [5.41, 5.74) is 3.31. The van der Waals surface area contributed by atoms with E-state index in [2.05, 4.69) is 9.97 Å². The summed E-state index contributed by atoms with van der Waals surface area (Å²) in [6.07, 6.45) is 2.12. The van der Waals surface area contributed by atoms with Crippen molar-refractivity contribution in [3.05, 3.63) is 70.4 Å². The SMILES string of the molecule is Cc1cccc(C)c1-c1nc(CS(=O)(=O)c2cccc(N3CC(O)(C4CC4)C3)n2)ccc1Cl. The van der Waals surface area contributed by atoms with E-state index in [1.165, 1.54) is 6.07 Å². The third kappa shape index (κ3) is 4.25. The second-order valence-corrected chi connectivity index (χ2v) is 11.6. The Morgan fingerprint density at radius 2 is 1.70 bits per heavy atom. The molecule has 1 aliphatic carbocycles. The number of hydrogen-bond donors (Lipinski definition) is 1. The summed E-state index contributed by atoms with van der Waals surface area (Å²) in [4.78, 5) is 11.0. The number of anilines is 1. The van der Waals surface area contributed by atoms with Crippen molar-refractivity contribution in [2.75, 3.05) is 18.0 Å². The highest BCUT2D eigenvalue weighted by atomic mass is 35.5. The molecular weight excluding hydrogens is 458 g/mol. The van der Waals surface area contributed by atoms with E-state index >= 15 is 0 Å². The van der Waals surface area contributed by atoms with E-state index in [1.807, 2.05) is 36.9 Å². The van der Waals surface area contributed by atoms with Crippen molar-refractivity contribution >= 4 is 27.3 Å². The summed E-state index contributed by atoms with van der Waals surface area (Å²) >= 11 is 6.44. The summed E-state index contributed by atoms with van der Waals surface area (Å²) in [6, 6.07) is 14.3. The van der Waals surface area contributed by atoms with Crippen molar-refractivity contribution in [3.63, 3.8) is 0 Å². The van der Waals surface area contributed by atoms with Gasteiger partial charge in [0.15, 0.2) is 5.03 Å². The minimum Gasteiger partial charge on any atom is -0.386 e. The van der Waals surface area contributed by atoms with Crippen LogP contribution in [0.4, 0.5) is 5.82 Å². The van der Waals surface area contributed by atoms with Gasteiger partial charge in [-0.2, -0.15) is 0 Å². The number of aliphatic hydroxyl groups is 1. The van der Waals surface area contributed by atoms with Crippen LogP contribution in [0, 0.1) is 19.8 Å². The molecule has 1 aromatic carbocycles.